The van der Waals surface area contributed by atoms with Gasteiger partial charge in [0.25, 0.3) is 0 Å². The van der Waals surface area contributed by atoms with E-state index in [1.165, 1.54) is 30.3 Å². The molecule has 96 valence electrons. The number of benzene rings is 2. The van der Waals surface area contributed by atoms with Crippen LogP contribution in [0.5, 0.6) is 0 Å². The number of nitriles is 1. The van der Waals surface area contributed by atoms with E-state index in [2.05, 4.69) is 5.32 Å². The van der Waals surface area contributed by atoms with Crippen LogP contribution in [0.25, 0.3) is 0 Å². The lowest BCUT2D eigenvalue weighted by molar-refractivity contribution is 0.623. The van der Waals surface area contributed by atoms with Crippen molar-refractivity contribution in [2.75, 3.05) is 5.32 Å². The number of hydrogen-bond acceptors (Lipinski definition) is 2. The van der Waals surface area contributed by atoms with Gasteiger partial charge >= 0.3 is 0 Å². The van der Waals surface area contributed by atoms with Gasteiger partial charge in [-0.15, -0.1) is 0 Å². The van der Waals surface area contributed by atoms with E-state index in [4.69, 9.17) is 5.26 Å². The molecular formula is C15H12F2N2. The van der Waals surface area contributed by atoms with Gasteiger partial charge in [0.2, 0.25) is 0 Å². The van der Waals surface area contributed by atoms with Gasteiger partial charge in [-0.25, -0.2) is 8.78 Å². The number of rotatable bonds is 3. The molecule has 0 spiro atoms. The fourth-order valence-electron chi connectivity index (χ4n) is 1.83. The van der Waals surface area contributed by atoms with E-state index in [9.17, 15) is 8.78 Å². The lowest BCUT2D eigenvalue weighted by Crippen LogP contribution is -2.08. The van der Waals surface area contributed by atoms with Crippen molar-refractivity contribution >= 4 is 5.69 Å². The summed E-state index contributed by atoms with van der Waals surface area (Å²) in [6.07, 6.45) is 0. The normalized spacial score (nSPS) is 11.7. The van der Waals surface area contributed by atoms with Gasteiger partial charge < -0.3 is 5.32 Å². The zero-order chi connectivity index (χ0) is 13.8. The molecule has 2 aromatic rings. The molecule has 4 heteroatoms. The second-order valence-electron chi connectivity index (χ2n) is 4.22. The molecule has 0 aliphatic rings. The number of hydrogen-bond donors (Lipinski definition) is 1. The van der Waals surface area contributed by atoms with Gasteiger partial charge in [-0.1, -0.05) is 12.1 Å². The van der Waals surface area contributed by atoms with E-state index in [0.29, 0.717) is 5.69 Å². The first-order valence-electron chi connectivity index (χ1n) is 5.82. The van der Waals surface area contributed by atoms with Gasteiger partial charge in [0, 0.05) is 6.04 Å². The van der Waals surface area contributed by atoms with Crippen LogP contribution in [-0.4, -0.2) is 0 Å². The topological polar surface area (TPSA) is 35.8 Å². The van der Waals surface area contributed by atoms with Crippen LogP contribution >= 0.6 is 0 Å². The lowest BCUT2D eigenvalue weighted by atomic mass is 10.1. The Kier molecular flexibility index (Phi) is 3.76. The van der Waals surface area contributed by atoms with Crippen molar-refractivity contribution in [2.45, 2.75) is 13.0 Å². The Bertz CT molecular complexity index is 632. The molecule has 2 rings (SSSR count). The molecule has 0 saturated heterocycles. The van der Waals surface area contributed by atoms with Crippen LogP contribution < -0.4 is 5.32 Å². The third kappa shape index (κ3) is 3.08. The average Bonchev–Trinajstić information content (AvgIpc) is 2.40. The molecule has 1 atom stereocenters. The summed E-state index contributed by atoms with van der Waals surface area (Å²) in [5.74, 6) is -0.772. The third-order valence-electron chi connectivity index (χ3n) is 2.82. The molecule has 0 fully saturated rings. The second-order valence-corrected chi connectivity index (χ2v) is 4.22. The summed E-state index contributed by atoms with van der Waals surface area (Å²) in [6, 6.07) is 11.9. The minimum atomic E-state index is -0.458. The van der Waals surface area contributed by atoms with Crippen LogP contribution in [0.1, 0.15) is 24.1 Å². The first-order chi connectivity index (χ1) is 9.10. The predicted octanol–water partition coefficient (Wildman–Crippen LogP) is 4.01. The SMILES string of the molecule is CC(Nc1ccc(F)cc1C#N)c1cccc(F)c1. The van der Waals surface area contributed by atoms with Gasteiger partial charge in [-0.05, 0) is 42.8 Å². The summed E-state index contributed by atoms with van der Waals surface area (Å²) in [5, 5.41) is 12.0. The molecule has 0 heterocycles. The predicted molar refractivity (Wildman–Crippen MR) is 69.6 cm³/mol. The Morgan fingerprint density at radius 1 is 1.11 bits per heavy atom. The van der Waals surface area contributed by atoms with Crippen LogP contribution in [0.4, 0.5) is 14.5 Å². The Morgan fingerprint density at radius 2 is 1.84 bits per heavy atom. The highest BCUT2D eigenvalue weighted by Gasteiger charge is 2.09. The van der Waals surface area contributed by atoms with E-state index in [1.54, 1.807) is 12.1 Å². The van der Waals surface area contributed by atoms with E-state index in [-0.39, 0.29) is 17.4 Å². The van der Waals surface area contributed by atoms with Crippen LogP contribution in [-0.2, 0) is 0 Å². The molecule has 0 saturated carbocycles. The average molecular weight is 258 g/mol. The molecule has 2 nitrogen and oxygen atoms in total. The molecule has 0 aliphatic carbocycles. The van der Waals surface area contributed by atoms with Gasteiger partial charge in [0.1, 0.15) is 17.7 Å². The van der Waals surface area contributed by atoms with Gasteiger partial charge in [0.15, 0.2) is 0 Å². The third-order valence-corrected chi connectivity index (χ3v) is 2.82. The molecular weight excluding hydrogens is 246 g/mol. The van der Waals surface area contributed by atoms with Crippen LogP contribution in [0.2, 0.25) is 0 Å². The maximum atomic E-state index is 13.1. The van der Waals surface area contributed by atoms with E-state index in [0.717, 1.165) is 5.56 Å². The molecule has 0 bridgehead atoms. The quantitative estimate of drug-likeness (QED) is 0.902. The van der Waals surface area contributed by atoms with Crippen molar-refractivity contribution in [3.8, 4) is 6.07 Å². The highest BCUT2D eigenvalue weighted by Crippen LogP contribution is 2.23. The fraction of sp³-hybridized carbons (Fsp3) is 0.133. The van der Waals surface area contributed by atoms with Gasteiger partial charge in [-0.2, -0.15) is 5.26 Å². The highest BCUT2D eigenvalue weighted by atomic mass is 19.1. The monoisotopic (exact) mass is 258 g/mol. The van der Waals surface area contributed by atoms with Crippen LogP contribution in [0, 0.1) is 23.0 Å². The molecule has 1 unspecified atom stereocenters. The van der Waals surface area contributed by atoms with Crippen LogP contribution in [0.3, 0.4) is 0 Å². The Hall–Kier alpha value is -2.41. The zero-order valence-corrected chi connectivity index (χ0v) is 10.3. The maximum Gasteiger partial charge on any atom is 0.124 e. The number of halogens is 2. The number of nitrogens with one attached hydrogen (secondary N) is 1. The van der Waals surface area contributed by atoms with Gasteiger partial charge in [-0.3, -0.25) is 0 Å². The summed E-state index contributed by atoms with van der Waals surface area (Å²) in [6.45, 7) is 1.85. The van der Waals surface area contributed by atoms with Crippen molar-refractivity contribution in [3.05, 3.63) is 65.2 Å². The van der Waals surface area contributed by atoms with Gasteiger partial charge in [0.05, 0.1) is 11.3 Å². The first kappa shape index (κ1) is 13.0. The minimum absolute atomic E-state index is 0.187. The van der Waals surface area contributed by atoms with E-state index >= 15 is 0 Å². The molecule has 0 aromatic heterocycles. The molecule has 0 amide bonds. The van der Waals surface area contributed by atoms with Crippen LogP contribution in [0.15, 0.2) is 42.5 Å². The highest BCUT2D eigenvalue weighted by molar-refractivity contribution is 5.58. The molecule has 0 radical (unpaired) electrons. The lowest BCUT2D eigenvalue weighted by Gasteiger charge is -2.16. The molecule has 1 N–H and O–H groups in total. The molecule has 0 aliphatic heterocycles. The summed E-state index contributed by atoms with van der Waals surface area (Å²) < 4.78 is 26.2. The fourth-order valence-corrected chi connectivity index (χ4v) is 1.83. The summed E-state index contributed by atoms with van der Waals surface area (Å²) >= 11 is 0. The smallest absolute Gasteiger partial charge is 0.124 e. The van der Waals surface area contributed by atoms with Crippen molar-refractivity contribution in [1.29, 1.82) is 5.26 Å². The van der Waals surface area contributed by atoms with Crippen molar-refractivity contribution in [2.24, 2.45) is 0 Å². The Labute approximate surface area is 110 Å². The second kappa shape index (κ2) is 5.49. The van der Waals surface area contributed by atoms with E-state index < -0.39 is 5.82 Å². The largest absolute Gasteiger partial charge is 0.377 e. The molecule has 19 heavy (non-hydrogen) atoms. The number of nitrogens with zero attached hydrogens (tertiary/aromatic N) is 1. The number of anilines is 1. The minimum Gasteiger partial charge on any atom is -0.377 e. The first-order valence-corrected chi connectivity index (χ1v) is 5.82. The summed E-state index contributed by atoms with van der Waals surface area (Å²) in [4.78, 5) is 0. The van der Waals surface area contributed by atoms with Crippen molar-refractivity contribution in [3.63, 3.8) is 0 Å². The van der Waals surface area contributed by atoms with Crippen molar-refractivity contribution < 1.29 is 8.78 Å². The Balaban J connectivity index is 2.24. The standard InChI is InChI=1S/C15H12F2N2/c1-10(11-3-2-4-13(16)7-11)19-15-6-5-14(17)8-12(15)9-18/h2-8,10,19H,1H3. The maximum absolute atomic E-state index is 13.1. The zero-order valence-electron chi connectivity index (χ0n) is 10.3. The van der Waals surface area contributed by atoms with Crippen molar-refractivity contribution in [1.82, 2.24) is 0 Å². The summed E-state index contributed by atoms with van der Waals surface area (Å²) in [7, 11) is 0. The summed E-state index contributed by atoms with van der Waals surface area (Å²) in [5.41, 5.74) is 1.51. The Morgan fingerprint density at radius 3 is 2.53 bits per heavy atom. The van der Waals surface area contributed by atoms with E-state index in [1.807, 2.05) is 13.0 Å². The molecule has 2 aromatic carbocycles.